The first kappa shape index (κ1) is 37.8. The summed E-state index contributed by atoms with van der Waals surface area (Å²) >= 11 is 0. The minimum Gasteiger partial charge on any atom is -0.444 e. The molecule has 2 saturated carbocycles. The minimum atomic E-state index is -0.556. The Bertz CT molecular complexity index is 1090. The zero-order valence-corrected chi connectivity index (χ0v) is 25.5. The lowest BCUT2D eigenvalue weighted by Gasteiger charge is -2.28. The summed E-state index contributed by atoms with van der Waals surface area (Å²) in [7, 11) is 3.43. The molecule has 1 aromatic carbocycles. The fourth-order valence-corrected chi connectivity index (χ4v) is 5.03. The molecule has 1 aliphatic heterocycles. The van der Waals surface area contributed by atoms with Gasteiger partial charge in [0, 0.05) is 26.2 Å². The highest BCUT2D eigenvalue weighted by Crippen LogP contribution is 2.31. The number of amides is 4. The van der Waals surface area contributed by atoms with Crippen LogP contribution in [0.1, 0.15) is 116 Å². The maximum Gasteiger partial charge on any atom is 0.410 e. The van der Waals surface area contributed by atoms with E-state index in [4.69, 9.17) is 14.3 Å². The molecule has 43 heavy (non-hydrogen) atoms. The van der Waals surface area contributed by atoms with Crippen molar-refractivity contribution in [2.45, 2.75) is 130 Å². The van der Waals surface area contributed by atoms with Crippen molar-refractivity contribution < 1.29 is 38.6 Å². The van der Waals surface area contributed by atoms with Crippen molar-refractivity contribution >= 4 is 24.0 Å². The molecule has 0 radical (unpaired) electrons. The van der Waals surface area contributed by atoms with E-state index in [1.54, 1.807) is 48.2 Å². The Kier molecular flexibility index (Phi) is 13.2. The van der Waals surface area contributed by atoms with Crippen LogP contribution in [-0.2, 0) is 14.3 Å². The van der Waals surface area contributed by atoms with E-state index in [1.165, 1.54) is 0 Å². The monoisotopic (exact) mass is 607 g/mol. The van der Waals surface area contributed by atoms with Crippen molar-refractivity contribution in [2.75, 3.05) is 14.1 Å². The predicted molar refractivity (Wildman–Crippen MR) is 165 cm³/mol. The molecule has 0 bridgehead atoms. The molecule has 2 fully saturated rings. The number of hydrogen-bond acceptors (Lipinski definition) is 8. The van der Waals surface area contributed by atoms with Gasteiger partial charge < -0.3 is 24.4 Å². The Morgan fingerprint density at radius 2 is 1.19 bits per heavy atom. The molecular weight excluding hydrogens is 554 g/mol. The molecule has 0 saturated heterocycles. The number of carbonyl (C=O) groups is 4. The molecule has 4 unspecified atom stereocenters. The van der Waals surface area contributed by atoms with E-state index in [1.807, 2.05) is 41.5 Å². The molecule has 4 rings (SSSR count). The van der Waals surface area contributed by atoms with Gasteiger partial charge in [-0.05, 0) is 92.2 Å². The number of fused-ring (bicyclic) bond motifs is 1. The van der Waals surface area contributed by atoms with Crippen molar-refractivity contribution in [3.05, 3.63) is 35.4 Å². The zero-order chi connectivity index (χ0) is 30.7. The van der Waals surface area contributed by atoms with Crippen molar-refractivity contribution in [1.82, 2.24) is 14.9 Å². The summed E-state index contributed by atoms with van der Waals surface area (Å²) in [5, 5.41) is 10.2. The second-order valence-electron chi connectivity index (χ2n) is 12.9. The number of imide groups is 1. The summed E-state index contributed by atoms with van der Waals surface area (Å²) in [5.74, 6) is -0.871. The van der Waals surface area contributed by atoms with Crippen LogP contribution in [-0.4, -0.2) is 93.6 Å². The van der Waals surface area contributed by atoms with E-state index in [2.05, 4.69) is 0 Å². The van der Waals surface area contributed by atoms with Gasteiger partial charge in [0.05, 0.1) is 23.3 Å². The maximum absolute atomic E-state index is 12.4. The predicted octanol–water partition coefficient (Wildman–Crippen LogP) is 6.04. The van der Waals surface area contributed by atoms with Crippen LogP contribution in [0, 0.1) is 0 Å². The first-order chi connectivity index (χ1) is 19.0. The quantitative estimate of drug-likeness (QED) is 0.411. The summed E-state index contributed by atoms with van der Waals surface area (Å²) in [4.78, 5) is 57.5. The molecule has 244 valence electrons. The summed E-state index contributed by atoms with van der Waals surface area (Å²) in [6.07, 6.45) is 2.97. The zero-order valence-electron chi connectivity index (χ0n) is 25.5. The number of nitrogens with zero attached hydrogens (tertiary/aromatic N) is 3. The van der Waals surface area contributed by atoms with Crippen LogP contribution in [0.5, 0.6) is 0 Å². The van der Waals surface area contributed by atoms with Crippen molar-refractivity contribution in [3.8, 4) is 0 Å². The topological polar surface area (TPSA) is 126 Å². The Morgan fingerprint density at radius 3 is 1.58 bits per heavy atom. The van der Waals surface area contributed by atoms with Gasteiger partial charge in [-0.1, -0.05) is 27.0 Å². The average Bonchev–Trinajstić information content (AvgIpc) is 3.57. The Balaban J connectivity index is 0.000000469. The lowest BCUT2D eigenvalue weighted by molar-refractivity contribution is -0.130. The third-order valence-corrected chi connectivity index (χ3v) is 7.20. The fourth-order valence-electron chi connectivity index (χ4n) is 5.03. The van der Waals surface area contributed by atoms with Gasteiger partial charge in [-0.25, -0.2) is 9.59 Å². The molecule has 2 aliphatic carbocycles. The van der Waals surface area contributed by atoms with Gasteiger partial charge in [0.1, 0.15) is 11.2 Å². The summed E-state index contributed by atoms with van der Waals surface area (Å²) in [6.45, 7) is 11.0. The van der Waals surface area contributed by atoms with Gasteiger partial charge in [-0.2, -0.15) is 0 Å². The highest BCUT2D eigenvalue weighted by atomic mass is 16.7. The van der Waals surface area contributed by atoms with Crippen LogP contribution in [0.4, 0.5) is 9.59 Å². The third-order valence-electron chi connectivity index (χ3n) is 7.20. The first-order valence-corrected chi connectivity index (χ1v) is 14.2. The molecule has 0 spiro atoms. The molecule has 11 nitrogen and oxygen atoms in total. The van der Waals surface area contributed by atoms with Gasteiger partial charge in [0.15, 0.2) is 0 Å². The smallest absolute Gasteiger partial charge is 0.410 e. The SMILES string of the molecule is C.C.CN(C(=O)OC(C)(C)C)C1CCC(O)C1.CN(C(=O)OC(C)(C)C)C1CCC(ON2C(=O)c3ccccc3C2=O)C1. The number of carbonyl (C=O) groups excluding carboxylic acids is 4. The van der Waals surface area contributed by atoms with Crippen LogP contribution < -0.4 is 0 Å². The van der Waals surface area contributed by atoms with Crippen molar-refractivity contribution in [2.24, 2.45) is 0 Å². The van der Waals surface area contributed by atoms with Crippen LogP contribution in [0.2, 0.25) is 0 Å². The molecule has 1 heterocycles. The number of hydroxylamine groups is 2. The van der Waals surface area contributed by atoms with Crippen LogP contribution in [0.3, 0.4) is 0 Å². The molecule has 1 N–H and O–H groups in total. The Labute approximate surface area is 257 Å². The summed E-state index contributed by atoms with van der Waals surface area (Å²) < 4.78 is 10.6. The van der Waals surface area contributed by atoms with Crippen molar-refractivity contribution in [3.63, 3.8) is 0 Å². The third kappa shape index (κ3) is 10.2. The van der Waals surface area contributed by atoms with E-state index in [-0.39, 0.29) is 51.3 Å². The second-order valence-corrected chi connectivity index (χ2v) is 12.9. The normalized spacial score (nSPS) is 22.9. The number of rotatable bonds is 4. The van der Waals surface area contributed by atoms with Gasteiger partial charge in [0.25, 0.3) is 11.8 Å². The summed E-state index contributed by atoms with van der Waals surface area (Å²) in [5.41, 5.74) is -0.293. The number of benzene rings is 1. The standard InChI is InChI=1S/C19H24N2O5.C11H21NO3.2CH4/c1-19(2,3)25-18(24)20(4)12-9-10-13(11-12)26-21-16(22)14-7-5-6-8-15(14)17(21)23;1-11(2,3)15-10(14)12(4)8-5-6-9(13)7-8;;/h5-8,12-13H,9-11H2,1-4H3;8-9,13H,5-7H2,1-4H3;2*1H4. The van der Waals surface area contributed by atoms with Crippen molar-refractivity contribution in [1.29, 1.82) is 0 Å². The van der Waals surface area contributed by atoms with Gasteiger partial charge in [0.2, 0.25) is 0 Å². The Hall–Kier alpha value is -3.18. The lowest BCUT2D eigenvalue weighted by Crippen LogP contribution is -2.40. The average molecular weight is 608 g/mol. The Morgan fingerprint density at radius 1 is 0.767 bits per heavy atom. The number of aliphatic hydroxyl groups is 1. The lowest BCUT2D eigenvalue weighted by atomic mass is 10.1. The number of hydrogen-bond donors (Lipinski definition) is 1. The van der Waals surface area contributed by atoms with E-state index < -0.39 is 23.0 Å². The highest BCUT2D eigenvalue weighted by molar-refractivity contribution is 6.20. The van der Waals surface area contributed by atoms with E-state index in [0.717, 1.165) is 24.3 Å². The molecule has 4 amide bonds. The van der Waals surface area contributed by atoms with E-state index in [9.17, 15) is 24.3 Å². The molecule has 3 aliphatic rings. The second kappa shape index (κ2) is 15.0. The van der Waals surface area contributed by atoms with Gasteiger partial charge >= 0.3 is 12.2 Å². The van der Waals surface area contributed by atoms with Crippen LogP contribution in [0.25, 0.3) is 0 Å². The highest BCUT2D eigenvalue weighted by Gasteiger charge is 2.41. The molecule has 1 aromatic rings. The largest absolute Gasteiger partial charge is 0.444 e. The molecule has 0 aromatic heterocycles. The number of ether oxygens (including phenoxy) is 2. The van der Waals surface area contributed by atoms with E-state index >= 15 is 0 Å². The number of aliphatic hydroxyl groups excluding tert-OH is 1. The molecular formula is C32H53N3O8. The summed E-state index contributed by atoms with van der Waals surface area (Å²) in [6, 6.07) is 6.74. The molecule has 4 atom stereocenters. The minimum absolute atomic E-state index is 0. The first-order valence-electron chi connectivity index (χ1n) is 14.2. The fraction of sp³-hybridized carbons (Fsp3) is 0.688. The van der Waals surface area contributed by atoms with Gasteiger partial charge in [-0.15, -0.1) is 5.06 Å². The van der Waals surface area contributed by atoms with Gasteiger partial charge in [-0.3, -0.25) is 14.4 Å². The van der Waals surface area contributed by atoms with Crippen LogP contribution in [0.15, 0.2) is 24.3 Å². The maximum atomic E-state index is 12.4. The molecule has 11 heteroatoms. The van der Waals surface area contributed by atoms with E-state index in [0.29, 0.717) is 30.4 Å². The van der Waals surface area contributed by atoms with Crippen LogP contribution >= 0.6 is 0 Å².